The number of hydrogen-bond acceptors (Lipinski definition) is 5. The lowest BCUT2D eigenvalue weighted by atomic mass is 9.97. The SMILES string of the molecule is C(=N/Nc1ncnc2sc3c(c12)CCCC3)/c1ccc(-c2ccccc2)cc1. The minimum Gasteiger partial charge on any atom is -0.261 e. The zero-order valence-electron chi connectivity index (χ0n) is 15.4. The number of thiophene rings is 1. The van der Waals surface area contributed by atoms with Gasteiger partial charge in [-0.05, 0) is 47.9 Å². The van der Waals surface area contributed by atoms with E-state index in [0.717, 1.165) is 34.4 Å². The molecule has 0 spiro atoms. The summed E-state index contributed by atoms with van der Waals surface area (Å²) in [4.78, 5) is 11.4. The molecule has 138 valence electrons. The van der Waals surface area contributed by atoms with Gasteiger partial charge >= 0.3 is 0 Å². The third-order valence-electron chi connectivity index (χ3n) is 5.15. The number of benzene rings is 2. The van der Waals surface area contributed by atoms with E-state index in [-0.39, 0.29) is 0 Å². The van der Waals surface area contributed by atoms with E-state index in [4.69, 9.17) is 0 Å². The summed E-state index contributed by atoms with van der Waals surface area (Å²) in [6.07, 6.45) is 8.24. The van der Waals surface area contributed by atoms with Crippen LogP contribution in [0.1, 0.15) is 28.8 Å². The molecule has 5 rings (SSSR count). The molecule has 0 atom stereocenters. The van der Waals surface area contributed by atoms with Crippen molar-refractivity contribution in [3.63, 3.8) is 0 Å². The summed E-state index contributed by atoms with van der Waals surface area (Å²) < 4.78 is 0. The molecule has 0 radical (unpaired) electrons. The van der Waals surface area contributed by atoms with Gasteiger partial charge in [-0.25, -0.2) is 9.97 Å². The van der Waals surface area contributed by atoms with Crippen LogP contribution in [-0.2, 0) is 12.8 Å². The molecule has 4 aromatic rings. The Morgan fingerprint density at radius 3 is 2.54 bits per heavy atom. The van der Waals surface area contributed by atoms with E-state index in [2.05, 4.69) is 69.0 Å². The molecule has 2 aromatic carbocycles. The Morgan fingerprint density at radius 2 is 1.68 bits per heavy atom. The summed E-state index contributed by atoms with van der Waals surface area (Å²) in [7, 11) is 0. The molecule has 5 heteroatoms. The number of fused-ring (bicyclic) bond motifs is 3. The van der Waals surface area contributed by atoms with E-state index < -0.39 is 0 Å². The number of nitrogens with one attached hydrogen (secondary N) is 1. The fourth-order valence-corrected chi connectivity index (χ4v) is 4.96. The normalized spacial score (nSPS) is 13.7. The Bertz CT molecular complexity index is 1130. The van der Waals surface area contributed by atoms with Gasteiger partial charge in [0.25, 0.3) is 0 Å². The summed E-state index contributed by atoms with van der Waals surface area (Å²) in [6.45, 7) is 0. The lowest BCUT2D eigenvalue weighted by Crippen LogP contribution is -2.00. The highest BCUT2D eigenvalue weighted by Gasteiger charge is 2.19. The van der Waals surface area contributed by atoms with Crippen LogP contribution in [0.15, 0.2) is 66.0 Å². The number of nitrogens with zero attached hydrogens (tertiary/aromatic N) is 3. The maximum atomic E-state index is 4.47. The van der Waals surface area contributed by atoms with E-state index in [9.17, 15) is 0 Å². The molecule has 1 aliphatic carbocycles. The highest BCUT2D eigenvalue weighted by molar-refractivity contribution is 7.19. The van der Waals surface area contributed by atoms with Crippen molar-refractivity contribution >= 4 is 33.6 Å². The Kier molecular flexibility index (Phi) is 4.59. The monoisotopic (exact) mass is 384 g/mol. The smallest absolute Gasteiger partial charge is 0.158 e. The topological polar surface area (TPSA) is 50.2 Å². The molecular formula is C23H20N4S. The van der Waals surface area contributed by atoms with Gasteiger partial charge in [-0.2, -0.15) is 5.10 Å². The van der Waals surface area contributed by atoms with Crippen molar-refractivity contribution in [3.8, 4) is 11.1 Å². The van der Waals surface area contributed by atoms with Gasteiger partial charge in [0.15, 0.2) is 5.82 Å². The van der Waals surface area contributed by atoms with E-state index in [0.29, 0.717) is 0 Å². The highest BCUT2D eigenvalue weighted by atomic mass is 32.1. The summed E-state index contributed by atoms with van der Waals surface area (Å²) >= 11 is 1.80. The summed E-state index contributed by atoms with van der Waals surface area (Å²) in [6, 6.07) is 18.8. The lowest BCUT2D eigenvalue weighted by Gasteiger charge is -2.11. The second kappa shape index (κ2) is 7.52. The van der Waals surface area contributed by atoms with Crippen LogP contribution in [0.5, 0.6) is 0 Å². The highest BCUT2D eigenvalue weighted by Crippen LogP contribution is 2.38. The van der Waals surface area contributed by atoms with Crippen molar-refractivity contribution in [1.29, 1.82) is 0 Å². The quantitative estimate of drug-likeness (QED) is 0.364. The molecule has 0 fully saturated rings. The van der Waals surface area contributed by atoms with Crippen LogP contribution >= 0.6 is 11.3 Å². The second-order valence-corrected chi connectivity index (χ2v) is 8.05. The first-order valence-electron chi connectivity index (χ1n) is 9.58. The third-order valence-corrected chi connectivity index (χ3v) is 6.35. The molecule has 1 aliphatic rings. The van der Waals surface area contributed by atoms with Crippen molar-refractivity contribution < 1.29 is 0 Å². The summed E-state index contributed by atoms with van der Waals surface area (Å²) in [5, 5.41) is 5.58. The van der Waals surface area contributed by atoms with Crippen molar-refractivity contribution in [1.82, 2.24) is 9.97 Å². The Morgan fingerprint density at radius 1 is 0.893 bits per heavy atom. The van der Waals surface area contributed by atoms with Crippen LogP contribution in [0, 0.1) is 0 Å². The average molecular weight is 385 g/mol. The first-order valence-corrected chi connectivity index (χ1v) is 10.4. The lowest BCUT2D eigenvalue weighted by molar-refractivity contribution is 0.700. The fourth-order valence-electron chi connectivity index (χ4n) is 3.74. The number of hydrazone groups is 1. The zero-order valence-corrected chi connectivity index (χ0v) is 16.2. The van der Waals surface area contributed by atoms with Crippen molar-refractivity contribution in [3.05, 3.63) is 76.9 Å². The summed E-state index contributed by atoms with van der Waals surface area (Å²) in [5.74, 6) is 0.807. The van der Waals surface area contributed by atoms with E-state index >= 15 is 0 Å². The molecule has 0 saturated heterocycles. The van der Waals surface area contributed by atoms with Gasteiger partial charge in [0.05, 0.1) is 11.6 Å². The van der Waals surface area contributed by atoms with E-state index in [1.807, 2.05) is 12.3 Å². The molecule has 2 aromatic heterocycles. The van der Waals surface area contributed by atoms with Gasteiger partial charge in [0.2, 0.25) is 0 Å². The number of rotatable bonds is 4. The van der Waals surface area contributed by atoms with Gasteiger partial charge < -0.3 is 0 Å². The van der Waals surface area contributed by atoms with Crippen molar-refractivity contribution in [2.24, 2.45) is 5.10 Å². The minimum atomic E-state index is 0.807. The maximum Gasteiger partial charge on any atom is 0.158 e. The minimum absolute atomic E-state index is 0.807. The van der Waals surface area contributed by atoms with Crippen LogP contribution < -0.4 is 5.43 Å². The van der Waals surface area contributed by atoms with Gasteiger partial charge in [-0.15, -0.1) is 11.3 Å². The number of aromatic nitrogens is 2. The Labute approximate surface area is 168 Å². The predicted molar refractivity (Wildman–Crippen MR) is 117 cm³/mol. The molecular weight excluding hydrogens is 364 g/mol. The zero-order chi connectivity index (χ0) is 18.8. The summed E-state index contributed by atoms with van der Waals surface area (Å²) in [5.41, 5.74) is 8.02. The maximum absolute atomic E-state index is 4.47. The van der Waals surface area contributed by atoms with E-state index in [1.54, 1.807) is 17.7 Å². The molecule has 0 saturated carbocycles. The number of aryl methyl sites for hydroxylation is 2. The van der Waals surface area contributed by atoms with Crippen LogP contribution in [0.4, 0.5) is 5.82 Å². The van der Waals surface area contributed by atoms with Crippen LogP contribution in [0.2, 0.25) is 0 Å². The average Bonchev–Trinajstić information content (AvgIpc) is 3.14. The standard InChI is InChI=1S/C23H20N4S/c1-2-6-17(7-3-1)18-12-10-16(11-13-18)14-26-27-22-21-19-8-4-5-9-20(19)28-23(21)25-15-24-22/h1-3,6-7,10-15H,4-5,8-9H2,(H,24,25,27)/b26-14-. The molecule has 4 nitrogen and oxygen atoms in total. The molecule has 0 bridgehead atoms. The molecule has 0 aliphatic heterocycles. The van der Waals surface area contributed by atoms with Gasteiger partial charge in [0.1, 0.15) is 11.2 Å². The molecule has 2 heterocycles. The molecule has 0 unspecified atom stereocenters. The Hall–Kier alpha value is -3.05. The van der Waals surface area contributed by atoms with Crippen molar-refractivity contribution in [2.75, 3.05) is 5.43 Å². The van der Waals surface area contributed by atoms with E-state index in [1.165, 1.54) is 34.4 Å². The van der Waals surface area contributed by atoms with Crippen LogP contribution in [0.25, 0.3) is 21.3 Å². The van der Waals surface area contributed by atoms with Crippen molar-refractivity contribution in [2.45, 2.75) is 25.7 Å². The fraction of sp³-hybridized carbons (Fsp3) is 0.174. The molecule has 0 amide bonds. The number of hydrogen-bond donors (Lipinski definition) is 1. The Balaban J connectivity index is 1.36. The predicted octanol–water partition coefficient (Wildman–Crippen LogP) is 5.68. The largest absolute Gasteiger partial charge is 0.261 e. The first kappa shape index (κ1) is 17.1. The second-order valence-electron chi connectivity index (χ2n) is 6.97. The molecule has 28 heavy (non-hydrogen) atoms. The van der Waals surface area contributed by atoms with Gasteiger partial charge in [-0.3, -0.25) is 5.43 Å². The van der Waals surface area contributed by atoms with Gasteiger partial charge in [0, 0.05) is 4.88 Å². The van der Waals surface area contributed by atoms with Crippen LogP contribution in [-0.4, -0.2) is 16.2 Å². The van der Waals surface area contributed by atoms with Gasteiger partial charge in [-0.1, -0.05) is 54.6 Å². The third kappa shape index (κ3) is 3.29. The molecule has 1 N–H and O–H groups in total. The number of anilines is 1. The first-order chi connectivity index (χ1) is 13.9. The van der Waals surface area contributed by atoms with Crippen LogP contribution in [0.3, 0.4) is 0 Å².